The summed E-state index contributed by atoms with van der Waals surface area (Å²) in [5, 5.41) is 3.93. The molecule has 1 aromatic heterocycles. The summed E-state index contributed by atoms with van der Waals surface area (Å²) >= 11 is 0. The van der Waals surface area contributed by atoms with Crippen LogP contribution in [0.3, 0.4) is 0 Å². The molecular weight excluding hydrogens is 228 g/mol. The normalized spacial score (nSPS) is 10.6. The number of aromatic nitrogens is 2. The summed E-state index contributed by atoms with van der Waals surface area (Å²) in [6.45, 7) is 2.90. The molecule has 1 aromatic carbocycles. The van der Waals surface area contributed by atoms with E-state index in [2.05, 4.69) is 10.1 Å². The second-order valence-electron chi connectivity index (χ2n) is 4.25. The Bertz CT molecular complexity index is 509. The number of anilines is 2. The summed E-state index contributed by atoms with van der Waals surface area (Å²) in [6, 6.07) is 7.85. The van der Waals surface area contributed by atoms with Gasteiger partial charge in [0, 0.05) is 25.7 Å². The molecule has 0 saturated carbocycles. The van der Waals surface area contributed by atoms with Gasteiger partial charge in [0.1, 0.15) is 0 Å². The molecule has 5 nitrogen and oxygen atoms in total. The number of nitrogen functional groups attached to an aromatic ring is 1. The van der Waals surface area contributed by atoms with Crippen LogP contribution in [0.1, 0.15) is 18.4 Å². The van der Waals surface area contributed by atoms with Crippen molar-refractivity contribution < 1.29 is 4.52 Å². The first-order chi connectivity index (χ1) is 8.69. The standard InChI is InChI=1S/C13H18N4O/c1-3-17(2)13-15-12(18-16-13)8-7-10-5-4-6-11(14)9-10/h4-6,9H,3,7-8,14H2,1-2H3. The molecule has 2 aromatic rings. The highest BCUT2D eigenvalue weighted by Gasteiger charge is 2.09. The summed E-state index contributed by atoms with van der Waals surface area (Å²) in [5.74, 6) is 1.30. The minimum absolute atomic E-state index is 0.639. The lowest BCUT2D eigenvalue weighted by Gasteiger charge is -2.08. The SMILES string of the molecule is CCN(C)c1noc(CCc2cccc(N)c2)n1. The summed E-state index contributed by atoms with van der Waals surface area (Å²) in [5.41, 5.74) is 7.69. The zero-order valence-electron chi connectivity index (χ0n) is 10.8. The third-order valence-electron chi connectivity index (χ3n) is 2.85. The van der Waals surface area contributed by atoms with Crippen molar-refractivity contribution in [2.45, 2.75) is 19.8 Å². The van der Waals surface area contributed by atoms with Crippen LogP contribution >= 0.6 is 0 Å². The molecule has 0 bridgehead atoms. The molecule has 0 atom stereocenters. The van der Waals surface area contributed by atoms with E-state index in [4.69, 9.17) is 10.3 Å². The van der Waals surface area contributed by atoms with E-state index in [1.165, 1.54) is 5.56 Å². The van der Waals surface area contributed by atoms with E-state index in [9.17, 15) is 0 Å². The first-order valence-electron chi connectivity index (χ1n) is 6.07. The summed E-state index contributed by atoms with van der Waals surface area (Å²) in [4.78, 5) is 6.27. The summed E-state index contributed by atoms with van der Waals surface area (Å²) in [6.07, 6.45) is 1.58. The molecule has 0 aliphatic heterocycles. The second-order valence-corrected chi connectivity index (χ2v) is 4.25. The minimum Gasteiger partial charge on any atom is -0.399 e. The quantitative estimate of drug-likeness (QED) is 0.816. The Balaban J connectivity index is 1.96. The third kappa shape index (κ3) is 3.00. The van der Waals surface area contributed by atoms with E-state index in [0.717, 1.165) is 25.1 Å². The fraction of sp³-hybridized carbons (Fsp3) is 0.385. The Morgan fingerprint density at radius 1 is 1.33 bits per heavy atom. The van der Waals surface area contributed by atoms with Gasteiger partial charge >= 0.3 is 0 Å². The van der Waals surface area contributed by atoms with Crippen molar-refractivity contribution in [3.05, 3.63) is 35.7 Å². The molecule has 5 heteroatoms. The van der Waals surface area contributed by atoms with Gasteiger partial charge in [0.2, 0.25) is 5.89 Å². The molecule has 0 unspecified atom stereocenters. The average molecular weight is 246 g/mol. The number of hydrogen-bond donors (Lipinski definition) is 1. The largest absolute Gasteiger partial charge is 0.399 e. The lowest BCUT2D eigenvalue weighted by Crippen LogP contribution is -2.17. The maximum absolute atomic E-state index is 5.73. The first kappa shape index (κ1) is 12.4. The summed E-state index contributed by atoms with van der Waals surface area (Å²) < 4.78 is 5.21. The van der Waals surface area contributed by atoms with Gasteiger partial charge in [-0.2, -0.15) is 4.98 Å². The molecule has 18 heavy (non-hydrogen) atoms. The van der Waals surface area contributed by atoms with Crippen molar-refractivity contribution in [3.63, 3.8) is 0 Å². The second kappa shape index (κ2) is 5.53. The Hall–Kier alpha value is -2.04. The van der Waals surface area contributed by atoms with Gasteiger partial charge in [0.25, 0.3) is 5.95 Å². The predicted molar refractivity (Wildman–Crippen MR) is 71.5 cm³/mol. The Labute approximate surface area is 107 Å². The molecule has 2 rings (SSSR count). The Morgan fingerprint density at radius 2 is 2.17 bits per heavy atom. The van der Waals surface area contributed by atoms with Gasteiger partial charge in [0.05, 0.1) is 0 Å². The van der Waals surface area contributed by atoms with E-state index in [1.54, 1.807) is 0 Å². The van der Waals surface area contributed by atoms with Gasteiger partial charge < -0.3 is 15.2 Å². The van der Waals surface area contributed by atoms with Gasteiger partial charge in [-0.3, -0.25) is 0 Å². The van der Waals surface area contributed by atoms with E-state index in [-0.39, 0.29) is 0 Å². The van der Waals surface area contributed by atoms with Gasteiger partial charge in [-0.05, 0) is 36.2 Å². The topological polar surface area (TPSA) is 68.2 Å². The van der Waals surface area contributed by atoms with Crippen LogP contribution in [-0.2, 0) is 12.8 Å². The molecule has 0 aliphatic rings. The van der Waals surface area contributed by atoms with Crippen LogP contribution in [0.15, 0.2) is 28.8 Å². The predicted octanol–water partition coefficient (Wildman–Crippen LogP) is 1.89. The van der Waals surface area contributed by atoms with E-state index >= 15 is 0 Å². The first-order valence-corrected chi connectivity index (χ1v) is 6.07. The monoisotopic (exact) mass is 246 g/mol. The average Bonchev–Trinajstić information content (AvgIpc) is 2.84. The highest BCUT2D eigenvalue weighted by atomic mass is 16.5. The minimum atomic E-state index is 0.639. The lowest BCUT2D eigenvalue weighted by atomic mass is 10.1. The van der Waals surface area contributed by atoms with Crippen molar-refractivity contribution >= 4 is 11.6 Å². The van der Waals surface area contributed by atoms with Crippen LogP contribution < -0.4 is 10.6 Å². The number of rotatable bonds is 5. The van der Waals surface area contributed by atoms with Crippen LogP contribution in [0.2, 0.25) is 0 Å². The Kier molecular flexibility index (Phi) is 3.82. The zero-order valence-corrected chi connectivity index (χ0v) is 10.8. The third-order valence-corrected chi connectivity index (χ3v) is 2.85. The van der Waals surface area contributed by atoms with Gasteiger partial charge in [0.15, 0.2) is 0 Å². The summed E-state index contributed by atoms with van der Waals surface area (Å²) in [7, 11) is 1.94. The number of nitrogens with two attached hydrogens (primary N) is 1. The van der Waals surface area contributed by atoms with Crippen molar-refractivity contribution in [1.29, 1.82) is 0 Å². The molecule has 0 radical (unpaired) electrons. The number of aryl methyl sites for hydroxylation is 2. The highest BCUT2D eigenvalue weighted by molar-refractivity contribution is 5.40. The van der Waals surface area contributed by atoms with Gasteiger partial charge in [-0.25, -0.2) is 0 Å². The molecule has 1 heterocycles. The fourth-order valence-electron chi connectivity index (χ4n) is 1.64. The van der Waals surface area contributed by atoms with E-state index in [1.807, 2.05) is 43.1 Å². The van der Waals surface area contributed by atoms with Gasteiger partial charge in [-0.15, -0.1) is 0 Å². The lowest BCUT2D eigenvalue weighted by molar-refractivity contribution is 0.378. The molecule has 0 aliphatic carbocycles. The van der Waals surface area contributed by atoms with Gasteiger partial charge in [-0.1, -0.05) is 12.1 Å². The van der Waals surface area contributed by atoms with Crippen molar-refractivity contribution in [1.82, 2.24) is 10.1 Å². The maximum atomic E-state index is 5.73. The van der Waals surface area contributed by atoms with Crippen molar-refractivity contribution in [3.8, 4) is 0 Å². The molecule has 0 spiro atoms. The highest BCUT2D eigenvalue weighted by Crippen LogP contribution is 2.12. The number of hydrogen-bond acceptors (Lipinski definition) is 5. The number of nitrogens with zero attached hydrogens (tertiary/aromatic N) is 3. The van der Waals surface area contributed by atoms with Crippen LogP contribution in [-0.4, -0.2) is 23.7 Å². The number of benzene rings is 1. The maximum Gasteiger partial charge on any atom is 0.265 e. The molecule has 96 valence electrons. The van der Waals surface area contributed by atoms with Crippen LogP contribution in [0.5, 0.6) is 0 Å². The van der Waals surface area contributed by atoms with Crippen LogP contribution in [0.25, 0.3) is 0 Å². The zero-order chi connectivity index (χ0) is 13.0. The fourth-order valence-corrected chi connectivity index (χ4v) is 1.64. The molecule has 2 N–H and O–H groups in total. The molecule has 0 saturated heterocycles. The smallest absolute Gasteiger partial charge is 0.265 e. The van der Waals surface area contributed by atoms with Crippen molar-refractivity contribution in [2.24, 2.45) is 0 Å². The van der Waals surface area contributed by atoms with E-state index < -0.39 is 0 Å². The van der Waals surface area contributed by atoms with E-state index in [0.29, 0.717) is 11.8 Å². The van der Waals surface area contributed by atoms with Crippen molar-refractivity contribution in [2.75, 3.05) is 24.2 Å². The molecule has 0 fully saturated rings. The Morgan fingerprint density at radius 3 is 2.89 bits per heavy atom. The molecular formula is C13H18N4O. The molecule has 0 amide bonds. The van der Waals surface area contributed by atoms with Crippen LogP contribution in [0.4, 0.5) is 11.6 Å². The van der Waals surface area contributed by atoms with Crippen LogP contribution in [0, 0.1) is 0 Å².